The first-order valence-electron chi connectivity index (χ1n) is 28.5. The highest BCUT2D eigenvalue weighted by Crippen LogP contribution is 2.67. The lowest BCUT2D eigenvalue weighted by Crippen LogP contribution is -2.68. The SMILES string of the molecule is CC(C)CCC[C@@H](C)C1CCC2C3CC=C4CC(OC(=O)CCC(=O)OC[C@H]5O[C@@H](O[C@@H]6C(O)[C@H](N)CC(N)[C@@H]6O[C@@H]6OC(CN)[C@H](O)[C@H](O)C6N)C(O)[C@H]5O[C@H]5OC(CN)[C@@H](O)C(O)[C@H]5N)CC[C@]4(C)C3CC[C@@]21C. The van der Waals surface area contributed by atoms with Crippen molar-refractivity contribution in [1.29, 1.82) is 0 Å². The van der Waals surface area contributed by atoms with Crippen LogP contribution in [-0.2, 0) is 47.5 Å². The van der Waals surface area contributed by atoms with Gasteiger partial charge >= 0.3 is 11.9 Å². The fourth-order valence-corrected chi connectivity index (χ4v) is 15.2. The number of ether oxygens (including phenoxy) is 8. The lowest BCUT2D eigenvalue weighted by atomic mass is 9.47. The topological polar surface area (TPSA) is 385 Å². The highest BCUT2D eigenvalue weighted by molar-refractivity contribution is 5.77. The molecule has 76 heavy (non-hydrogen) atoms. The molecule has 27 atom stereocenters. The summed E-state index contributed by atoms with van der Waals surface area (Å²) in [6, 6.07) is -4.50. The van der Waals surface area contributed by atoms with Crippen molar-refractivity contribution in [2.45, 2.75) is 247 Å². The molecule has 0 spiro atoms. The molecule has 22 nitrogen and oxygen atoms in total. The van der Waals surface area contributed by atoms with E-state index in [0.717, 1.165) is 42.9 Å². The Kier molecular flexibility index (Phi) is 19.7. The minimum absolute atomic E-state index is 0.0380. The van der Waals surface area contributed by atoms with Crippen molar-refractivity contribution in [3.05, 3.63) is 11.6 Å². The van der Waals surface area contributed by atoms with Crippen molar-refractivity contribution in [3.63, 3.8) is 0 Å². The molecule has 3 aliphatic heterocycles. The molecule has 8 rings (SSSR count). The second kappa shape index (κ2) is 25.0. The number of hydrogen-bond acceptors (Lipinski definition) is 22. The standard InChI is InChI=1S/C54H94N6O16/c1-24(2)7-6-8-25(3)29-11-12-30-28-10-9-26-19-27(15-17-53(26,4)31(28)16-18-54(29,30)5)70-38(62)14-13-37(61)69-23-36-48(75-51-40(60)45(67)43(65)35(22-56)72-51)46(68)52(73-36)76-49-41(63)32(57)20-33(58)47(49)74-50-39(59)44(66)42(64)34(21-55)71-50/h9,24-25,27-36,39-52,63-68H,6-8,10-23,55-60H2,1-5H3/t25-,27?,28?,29?,30?,31?,32-,33?,34?,35?,36-,39?,40-,41?,42+,43-,44-,45?,46?,47+,48+,49-,50+,51-,52+,53+,54-/m1/s1. The smallest absolute Gasteiger partial charge is 0.306 e. The number of allylic oxidation sites excluding steroid dienone is 1. The predicted molar refractivity (Wildman–Crippen MR) is 274 cm³/mol. The largest absolute Gasteiger partial charge is 0.463 e. The number of aliphatic hydroxyl groups is 6. The summed E-state index contributed by atoms with van der Waals surface area (Å²) < 4.78 is 47.9. The summed E-state index contributed by atoms with van der Waals surface area (Å²) >= 11 is 0. The van der Waals surface area contributed by atoms with Gasteiger partial charge in [0.05, 0.1) is 31.0 Å². The third-order valence-corrected chi connectivity index (χ3v) is 19.7. The van der Waals surface area contributed by atoms with E-state index < -0.39 is 135 Å². The van der Waals surface area contributed by atoms with Crippen LogP contribution in [0, 0.1) is 46.3 Å². The van der Waals surface area contributed by atoms with Gasteiger partial charge in [-0.15, -0.1) is 0 Å². The van der Waals surface area contributed by atoms with E-state index in [1.54, 1.807) is 0 Å². The lowest BCUT2D eigenvalue weighted by Gasteiger charge is -2.58. The first kappa shape index (κ1) is 60.1. The van der Waals surface area contributed by atoms with E-state index in [4.69, 9.17) is 72.3 Å². The van der Waals surface area contributed by atoms with Gasteiger partial charge < -0.3 is 103 Å². The van der Waals surface area contributed by atoms with Gasteiger partial charge in [0.1, 0.15) is 79.9 Å². The average Bonchev–Trinajstić information content (AvgIpc) is 3.94. The van der Waals surface area contributed by atoms with E-state index in [9.17, 15) is 40.2 Å². The fourth-order valence-electron chi connectivity index (χ4n) is 15.2. The van der Waals surface area contributed by atoms with Gasteiger partial charge in [-0.05, 0) is 97.7 Å². The molecule has 0 radical (unpaired) electrons. The maximum atomic E-state index is 13.4. The number of rotatable bonds is 19. The molecule has 3 saturated heterocycles. The number of esters is 2. The minimum Gasteiger partial charge on any atom is -0.463 e. The molecule has 7 fully saturated rings. The van der Waals surface area contributed by atoms with Crippen LogP contribution in [0.25, 0.3) is 0 Å². The molecule has 0 bridgehead atoms. The summed E-state index contributed by atoms with van der Waals surface area (Å²) in [5.41, 5.74) is 38.7. The Balaban J connectivity index is 0.874. The van der Waals surface area contributed by atoms with Crippen LogP contribution in [-0.4, -0.2) is 185 Å². The van der Waals surface area contributed by atoms with Crippen LogP contribution in [0.1, 0.15) is 125 Å². The van der Waals surface area contributed by atoms with Crippen LogP contribution in [0.4, 0.5) is 0 Å². The van der Waals surface area contributed by atoms with Gasteiger partial charge in [0.25, 0.3) is 0 Å². The summed E-state index contributed by atoms with van der Waals surface area (Å²) in [6.07, 6.45) is -7.03. The van der Waals surface area contributed by atoms with E-state index in [-0.39, 0.29) is 43.9 Å². The van der Waals surface area contributed by atoms with Gasteiger partial charge in [-0.25, -0.2) is 0 Å². The Hall–Kier alpha value is -2.04. The van der Waals surface area contributed by atoms with Gasteiger partial charge in [-0.2, -0.15) is 0 Å². The van der Waals surface area contributed by atoms with Crippen molar-refractivity contribution < 1.29 is 78.1 Å². The Morgan fingerprint density at radius 2 is 1.28 bits per heavy atom. The van der Waals surface area contributed by atoms with Gasteiger partial charge in [-0.3, -0.25) is 9.59 Å². The molecule has 4 saturated carbocycles. The van der Waals surface area contributed by atoms with Crippen LogP contribution in [0.5, 0.6) is 0 Å². The first-order chi connectivity index (χ1) is 36.0. The Bertz CT molecular complexity index is 1980. The number of carbonyl (C=O) groups excluding carboxylic acids is 2. The molecule has 3 heterocycles. The Morgan fingerprint density at radius 3 is 1.91 bits per heavy atom. The van der Waals surface area contributed by atoms with Crippen LogP contribution in [0.3, 0.4) is 0 Å². The minimum atomic E-state index is -1.74. The summed E-state index contributed by atoms with van der Waals surface area (Å²) in [6.45, 7) is 11.2. The van der Waals surface area contributed by atoms with Crippen LogP contribution >= 0.6 is 0 Å². The second-order valence-corrected chi connectivity index (χ2v) is 24.9. The van der Waals surface area contributed by atoms with Gasteiger partial charge in [0.15, 0.2) is 18.9 Å². The van der Waals surface area contributed by atoms with Crippen LogP contribution in [0.2, 0.25) is 0 Å². The normalized spacial score (nSPS) is 47.8. The van der Waals surface area contributed by atoms with Crippen molar-refractivity contribution >= 4 is 11.9 Å². The molecule has 18 N–H and O–H groups in total. The molecular weight excluding hydrogens is 989 g/mol. The van der Waals surface area contributed by atoms with Gasteiger partial charge in [-0.1, -0.05) is 65.5 Å². The number of nitrogens with two attached hydrogens (primary N) is 6. The molecule has 0 aromatic rings. The molecule has 0 aromatic heterocycles. The number of fused-ring (bicyclic) bond motifs is 5. The zero-order valence-electron chi connectivity index (χ0n) is 45.3. The molecule has 0 aromatic carbocycles. The summed E-state index contributed by atoms with van der Waals surface area (Å²) in [7, 11) is 0. The van der Waals surface area contributed by atoms with E-state index in [2.05, 4.69) is 40.7 Å². The zero-order valence-corrected chi connectivity index (χ0v) is 45.3. The maximum Gasteiger partial charge on any atom is 0.306 e. The summed E-state index contributed by atoms with van der Waals surface area (Å²) in [5, 5.41) is 65.6. The van der Waals surface area contributed by atoms with Crippen molar-refractivity contribution in [1.82, 2.24) is 0 Å². The Labute approximate surface area is 447 Å². The average molecular weight is 1080 g/mol. The number of hydrogen-bond donors (Lipinski definition) is 12. The molecule has 8 aliphatic rings. The fraction of sp³-hybridized carbons (Fsp3) is 0.926. The van der Waals surface area contributed by atoms with E-state index in [1.165, 1.54) is 50.5 Å². The van der Waals surface area contributed by atoms with Crippen LogP contribution in [0.15, 0.2) is 11.6 Å². The van der Waals surface area contributed by atoms with E-state index in [1.807, 2.05) is 0 Å². The van der Waals surface area contributed by atoms with Crippen molar-refractivity contribution in [2.24, 2.45) is 80.7 Å². The van der Waals surface area contributed by atoms with E-state index in [0.29, 0.717) is 23.7 Å². The Morgan fingerprint density at radius 1 is 0.671 bits per heavy atom. The van der Waals surface area contributed by atoms with Gasteiger partial charge in [0, 0.05) is 31.6 Å². The van der Waals surface area contributed by atoms with Crippen molar-refractivity contribution in [3.8, 4) is 0 Å². The number of carbonyl (C=O) groups is 2. The first-order valence-corrected chi connectivity index (χ1v) is 28.5. The van der Waals surface area contributed by atoms with Crippen LogP contribution < -0.4 is 34.4 Å². The maximum absolute atomic E-state index is 13.4. The third-order valence-electron chi connectivity index (χ3n) is 19.7. The van der Waals surface area contributed by atoms with Crippen molar-refractivity contribution in [2.75, 3.05) is 19.7 Å². The molecular formula is C54H94N6O16. The lowest BCUT2D eigenvalue weighted by molar-refractivity contribution is -0.307. The summed E-state index contributed by atoms with van der Waals surface area (Å²) in [4.78, 5) is 26.7. The third kappa shape index (κ3) is 12.3. The molecule has 5 aliphatic carbocycles. The monoisotopic (exact) mass is 1080 g/mol. The molecule has 22 heteroatoms. The predicted octanol–water partition coefficient (Wildman–Crippen LogP) is -0.611. The van der Waals surface area contributed by atoms with E-state index >= 15 is 0 Å². The number of aliphatic hydroxyl groups excluding tert-OH is 6. The molecule has 0 amide bonds. The zero-order chi connectivity index (χ0) is 55.1. The second-order valence-electron chi connectivity index (χ2n) is 24.9. The highest BCUT2D eigenvalue weighted by Gasteiger charge is 2.60. The molecule has 436 valence electrons. The summed E-state index contributed by atoms with van der Waals surface area (Å²) in [5.74, 6) is 3.06. The molecule has 12 unspecified atom stereocenters. The highest BCUT2D eigenvalue weighted by atomic mass is 16.8. The van der Waals surface area contributed by atoms with Gasteiger partial charge in [0.2, 0.25) is 0 Å². The quantitative estimate of drug-likeness (QED) is 0.0567.